The lowest BCUT2D eigenvalue weighted by Gasteiger charge is -2.09. The molecule has 0 aliphatic rings. The standard InChI is InChI=1S/C15H17N/c1-3-12-7-9-13(10-8-12)14-5-4-6-15(16)11(14)2/h4-10H,3,16H2,1-2H3. The second-order valence-electron chi connectivity index (χ2n) is 4.07. The zero-order chi connectivity index (χ0) is 11.5. The fourth-order valence-electron chi connectivity index (χ4n) is 1.89. The Hall–Kier alpha value is -1.76. The fourth-order valence-corrected chi connectivity index (χ4v) is 1.89. The summed E-state index contributed by atoms with van der Waals surface area (Å²) in [6, 6.07) is 14.8. The van der Waals surface area contributed by atoms with Crippen molar-refractivity contribution in [3.8, 4) is 11.1 Å². The molecule has 0 saturated carbocycles. The SMILES string of the molecule is CCc1ccc(-c2cccc(N)c2C)cc1. The summed E-state index contributed by atoms with van der Waals surface area (Å²) in [5, 5.41) is 0. The molecule has 0 aromatic heterocycles. The van der Waals surface area contributed by atoms with Crippen molar-refractivity contribution < 1.29 is 0 Å². The van der Waals surface area contributed by atoms with Crippen LogP contribution < -0.4 is 5.73 Å². The zero-order valence-electron chi connectivity index (χ0n) is 9.83. The summed E-state index contributed by atoms with van der Waals surface area (Å²) in [4.78, 5) is 0. The number of aryl methyl sites for hydroxylation is 1. The van der Waals surface area contributed by atoms with Crippen molar-refractivity contribution >= 4 is 5.69 Å². The van der Waals surface area contributed by atoms with Crippen LogP contribution in [0, 0.1) is 6.92 Å². The van der Waals surface area contributed by atoms with Gasteiger partial charge in [0.1, 0.15) is 0 Å². The molecular weight excluding hydrogens is 194 g/mol. The number of nitrogens with two attached hydrogens (primary N) is 1. The van der Waals surface area contributed by atoms with Crippen LogP contribution in [-0.4, -0.2) is 0 Å². The Bertz CT molecular complexity index is 483. The van der Waals surface area contributed by atoms with Gasteiger partial charge in [-0.1, -0.05) is 43.3 Å². The number of anilines is 1. The van der Waals surface area contributed by atoms with Crippen LogP contribution in [0.3, 0.4) is 0 Å². The van der Waals surface area contributed by atoms with E-state index in [1.807, 2.05) is 12.1 Å². The summed E-state index contributed by atoms with van der Waals surface area (Å²) in [6.45, 7) is 4.24. The van der Waals surface area contributed by atoms with Crippen molar-refractivity contribution in [3.63, 3.8) is 0 Å². The molecule has 0 unspecified atom stereocenters. The number of benzene rings is 2. The molecule has 0 bridgehead atoms. The first-order chi connectivity index (χ1) is 7.72. The van der Waals surface area contributed by atoms with Crippen LogP contribution in [0.15, 0.2) is 42.5 Å². The number of nitrogen functional groups attached to an aromatic ring is 1. The monoisotopic (exact) mass is 211 g/mol. The van der Waals surface area contributed by atoms with Crippen LogP contribution in [0.4, 0.5) is 5.69 Å². The van der Waals surface area contributed by atoms with Crippen LogP contribution in [0.2, 0.25) is 0 Å². The average molecular weight is 211 g/mol. The lowest BCUT2D eigenvalue weighted by Crippen LogP contribution is -1.92. The van der Waals surface area contributed by atoms with E-state index in [1.54, 1.807) is 0 Å². The molecular formula is C15H17N. The Morgan fingerprint density at radius 2 is 1.69 bits per heavy atom. The minimum absolute atomic E-state index is 0.858. The second kappa shape index (κ2) is 4.40. The molecule has 2 aromatic rings. The molecule has 82 valence electrons. The maximum absolute atomic E-state index is 5.91. The van der Waals surface area contributed by atoms with E-state index in [2.05, 4.69) is 44.2 Å². The highest BCUT2D eigenvalue weighted by atomic mass is 14.6. The molecule has 0 amide bonds. The lowest BCUT2D eigenvalue weighted by molar-refractivity contribution is 1.14. The molecule has 0 saturated heterocycles. The largest absolute Gasteiger partial charge is 0.398 e. The molecule has 0 heterocycles. The number of hydrogen-bond donors (Lipinski definition) is 1. The van der Waals surface area contributed by atoms with E-state index in [1.165, 1.54) is 16.7 Å². The molecule has 0 aliphatic carbocycles. The lowest BCUT2D eigenvalue weighted by atomic mass is 9.98. The molecule has 0 radical (unpaired) electrons. The van der Waals surface area contributed by atoms with E-state index >= 15 is 0 Å². The molecule has 2 rings (SSSR count). The summed E-state index contributed by atoms with van der Waals surface area (Å²) in [6.07, 6.45) is 1.08. The molecule has 1 heteroatoms. The van der Waals surface area contributed by atoms with Crippen molar-refractivity contribution in [2.24, 2.45) is 0 Å². The van der Waals surface area contributed by atoms with Gasteiger partial charge in [-0.25, -0.2) is 0 Å². The van der Waals surface area contributed by atoms with E-state index < -0.39 is 0 Å². The zero-order valence-corrected chi connectivity index (χ0v) is 9.83. The second-order valence-corrected chi connectivity index (χ2v) is 4.07. The van der Waals surface area contributed by atoms with Crippen molar-refractivity contribution in [1.82, 2.24) is 0 Å². The van der Waals surface area contributed by atoms with Gasteiger partial charge in [0.05, 0.1) is 0 Å². The maximum Gasteiger partial charge on any atom is 0.0349 e. The van der Waals surface area contributed by atoms with Crippen molar-refractivity contribution in [3.05, 3.63) is 53.6 Å². The molecule has 0 fully saturated rings. The molecule has 2 N–H and O–H groups in total. The Labute approximate surface area is 96.9 Å². The van der Waals surface area contributed by atoms with E-state index in [9.17, 15) is 0 Å². The Kier molecular flexibility index (Phi) is 2.95. The predicted octanol–water partition coefficient (Wildman–Crippen LogP) is 3.81. The van der Waals surface area contributed by atoms with Crippen LogP contribution >= 0.6 is 0 Å². The van der Waals surface area contributed by atoms with E-state index in [4.69, 9.17) is 5.73 Å². The van der Waals surface area contributed by atoms with Gasteiger partial charge in [0.15, 0.2) is 0 Å². The van der Waals surface area contributed by atoms with Gasteiger partial charge in [0.25, 0.3) is 0 Å². The summed E-state index contributed by atoms with van der Waals surface area (Å²) in [7, 11) is 0. The van der Waals surface area contributed by atoms with Gasteiger partial charge in [0.2, 0.25) is 0 Å². The van der Waals surface area contributed by atoms with Crippen LogP contribution in [-0.2, 0) is 6.42 Å². The van der Waals surface area contributed by atoms with Crippen LogP contribution in [0.5, 0.6) is 0 Å². The summed E-state index contributed by atoms with van der Waals surface area (Å²) < 4.78 is 0. The summed E-state index contributed by atoms with van der Waals surface area (Å²) in [5.74, 6) is 0. The first-order valence-corrected chi connectivity index (χ1v) is 5.66. The minimum Gasteiger partial charge on any atom is -0.398 e. The van der Waals surface area contributed by atoms with Gasteiger partial charge in [0, 0.05) is 5.69 Å². The predicted molar refractivity (Wildman–Crippen MR) is 70.4 cm³/mol. The minimum atomic E-state index is 0.858. The molecule has 0 spiro atoms. The Morgan fingerprint density at radius 3 is 2.31 bits per heavy atom. The molecule has 1 nitrogen and oxygen atoms in total. The molecule has 16 heavy (non-hydrogen) atoms. The molecule has 0 atom stereocenters. The first kappa shape index (κ1) is 10.7. The summed E-state index contributed by atoms with van der Waals surface area (Å²) in [5.41, 5.74) is 11.8. The maximum atomic E-state index is 5.91. The highest BCUT2D eigenvalue weighted by Gasteiger charge is 2.03. The third-order valence-corrected chi connectivity index (χ3v) is 3.05. The Balaban J connectivity index is 2.46. The smallest absolute Gasteiger partial charge is 0.0349 e. The van der Waals surface area contributed by atoms with Gasteiger partial charge in [-0.3, -0.25) is 0 Å². The highest BCUT2D eigenvalue weighted by molar-refractivity contribution is 5.72. The Morgan fingerprint density at radius 1 is 1.00 bits per heavy atom. The number of hydrogen-bond acceptors (Lipinski definition) is 1. The fraction of sp³-hybridized carbons (Fsp3) is 0.200. The van der Waals surface area contributed by atoms with E-state index in [0.29, 0.717) is 0 Å². The van der Waals surface area contributed by atoms with Gasteiger partial charge in [-0.05, 0) is 41.7 Å². The molecule has 2 aromatic carbocycles. The topological polar surface area (TPSA) is 26.0 Å². The molecule has 0 aliphatic heterocycles. The highest BCUT2D eigenvalue weighted by Crippen LogP contribution is 2.27. The average Bonchev–Trinajstić information content (AvgIpc) is 2.33. The first-order valence-electron chi connectivity index (χ1n) is 5.66. The van der Waals surface area contributed by atoms with Crippen molar-refractivity contribution in [1.29, 1.82) is 0 Å². The van der Waals surface area contributed by atoms with Gasteiger partial charge in [-0.2, -0.15) is 0 Å². The normalized spacial score (nSPS) is 10.4. The van der Waals surface area contributed by atoms with Gasteiger partial charge < -0.3 is 5.73 Å². The van der Waals surface area contributed by atoms with Crippen LogP contribution in [0.1, 0.15) is 18.1 Å². The van der Waals surface area contributed by atoms with E-state index in [0.717, 1.165) is 17.7 Å². The summed E-state index contributed by atoms with van der Waals surface area (Å²) >= 11 is 0. The number of rotatable bonds is 2. The van der Waals surface area contributed by atoms with Crippen LogP contribution in [0.25, 0.3) is 11.1 Å². The van der Waals surface area contributed by atoms with Crippen molar-refractivity contribution in [2.75, 3.05) is 5.73 Å². The quantitative estimate of drug-likeness (QED) is 0.751. The third-order valence-electron chi connectivity index (χ3n) is 3.05. The van der Waals surface area contributed by atoms with E-state index in [-0.39, 0.29) is 0 Å². The third kappa shape index (κ3) is 1.94. The van der Waals surface area contributed by atoms with Crippen molar-refractivity contribution in [2.45, 2.75) is 20.3 Å². The van der Waals surface area contributed by atoms with Gasteiger partial charge >= 0.3 is 0 Å². The van der Waals surface area contributed by atoms with Gasteiger partial charge in [-0.15, -0.1) is 0 Å².